The highest BCUT2D eigenvalue weighted by molar-refractivity contribution is 7.89. The van der Waals surface area contributed by atoms with E-state index < -0.39 is 39.3 Å². The van der Waals surface area contributed by atoms with Crippen LogP contribution in [0, 0.1) is 17.6 Å². The predicted octanol–water partition coefficient (Wildman–Crippen LogP) is 5.09. The van der Waals surface area contributed by atoms with Gasteiger partial charge in [0.05, 0.1) is 24.0 Å². The van der Waals surface area contributed by atoms with E-state index in [-0.39, 0.29) is 37.5 Å². The quantitative estimate of drug-likeness (QED) is 0.466. The molecule has 1 aliphatic carbocycles. The number of halogens is 5. The number of piperidine rings is 1. The molecule has 0 atom stereocenters. The molecule has 2 aliphatic rings. The van der Waals surface area contributed by atoms with E-state index in [9.17, 15) is 35.2 Å². The van der Waals surface area contributed by atoms with Gasteiger partial charge in [-0.05, 0) is 79.9 Å². The van der Waals surface area contributed by atoms with Crippen LogP contribution in [-0.4, -0.2) is 45.2 Å². The minimum atomic E-state index is -4.64. The lowest BCUT2D eigenvalue weighted by atomic mass is 9.96. The van der Waals surface area contributed by atoms with E-state index in [1.165, 1.54) is 12.1 Å². The molecule has 0 unspecified atom stereocenters. The number of hydrogen-bond donors (Lipinski definition) is 1. The molecule has 1 amide bonds. The van der Waals surface area contributed by atoms with Crippen molar-refractivity contribution in [3.63, 3.8) is 0 Å². The monoisotopic (exact) mass is 548 g/mol. The Bertz CT molecular complexity index is 1280. The second kappa shape index (κ2) is 10.6. The number of carbonyl (C=O) groups excluding carboxylic acids is 1. The molecule has 0 aromatic heterocycles. The number of carbonyl (C=O) groups is 1. The molecule has 4 rings (SSSR count). The molecule has 1 saturated carbocycles. The maximum Gasteiger partial charge on any atom is 0.416 e. The predicted molar refractivity (Wildman–Crippen MR) is 128 cm³/mol. The average Bonchev–Trinajstić information content (AvgIpc) is 3.63. The lowest BCUT2D eigenvalue weighted by molar-refractivity contribution is -0.138. The Kier molecular flexibility index (Phi) is 7.80. The molecule has 37 heavy (non-hydrogen) atoms. The SMILES string of the molecule is CS(=O)(=O)NC(=O)c1cc(C2CC2)c(OCC2CCN(Cc3ccc(F)cc3C(F)(F)F)CC2)cc1F.[HH]. The number of likely N-dealkylation sites (tertiary alicyclic amines) is 1. The molecule has 1 aliphatic heterocycles. The molecule has 12 heteroatoms. The van der Waals surface area contributed by atoms with Crippen LogP contribution in [0.2, 0.25) is 0 Å². The lowest BCUT2D eigenvalue weighted by Crippen LogP contribution is -2.35. The van der Waals surface area contributed by atoms with Crippen molar-refractivity contribution in [1.29, 1.82) is 0 Å². The summed E-state index contributed by atoms with van der Waals surface area (Å²) in [6.07, 6.45) is -0.841. The number of hydrogen-bond acceptors (Lipinski definition) is 5. The Morgan fingerprint density at radius 3 is 2.38 bits per heavy atom. The van der Waals surface area contributed by atoms with Gasteiger partial charge in [0.1, 0.15) is 17.4 Å². The van der Waals surface area contributed by atoms with E-state index in [1.807, 2.05) is 4.90 Å². The lowest BCUT2D eigenvalue weighted by Gasteiger charge is -2.32. The van der Waals surface area contributed by atoms with Gasteiger partial charge in [0.2, 0.25) is 10.0 Å². The van der Waals surface area contributed by atoms with Crippen LogP contribution in [0.15, 0.2) is 30.3 Å². The van der Waals surface area contributed by atoms with Crippen molar-refractivity contribution >= 4 is 15.9 Å². The Hall–Kier alpha value is -2.73. The van der Waals surface area contributed by atoms with Gasteiger partial charge in [0.15, 0.2) is 0 Å². The van der Waals surface area contributed by atoms with Crippen molar-refractivity contribution < 1.29 is 41.3 Å². The Morgan fingerprint density at radius 1 is 1.11 bits per heavy atom. The van der Waals surface area contributed by atoms with Crippen molar-refractivity contribution in [3.05, 3.63) is 64.2 Å². The number of nitrogens with zero attached hydrogens (tertiary/aromatic N) is 1. The summed E-state index contributed by atoms with van der Waals surface area (Å²) in [5.74, 6) is -2.38. The molecular formula is C25H29F5N2O4S. The summed E-state index contributed by atoms with van der Waals surface area (Å²) in [5, 5.41) is 0. The van der Waals surface area contributed by atoms with Crippen LogP contribution in [0.5, 0.6) is 5.75 Å². The number of alkyl halides is 3. The topological polar surface area (TPSA) is 75.7 Å². The Balaban J connectivity index is 0.00000400. The van der Waals surface area contributed by atoms with Crippen LogP contribution in [0.3, 0.4) is 0 Å². The number of amides is 1. The first-order valence-electron chi connectivity index (χ1n) is 11.9. The van der Waals surface area contributed by atoms with Crippen molar-refractivity contribution in [2.24, 2.45) is 5.92 Å². The zero-order valence-electron chi connectivity index (χ0n) is 20.1. The fraction of sp³-hybridized carbons (Fsp3) is 0.480. The molecule has 1 N–H and O–H groups in total. The second-order valence-corrected chi connectivity index (χ2v) is 11.4. The first kappa shape index (κ1) is 27.3. The smallest absolute Gasteiger partial charge is 0.416 e. The van der Waals surface area contributed by atoms with Gasteiger partial charge in [-0.15, -0.1) is 0 Å². The number of ether oxygens (including phenoxy) is 1. The summed E-state index contributed by atoms with van der Waals surface area (Å²) < 4.78 is 98.3. The summed E-state index contributed by atoms with van der Waals surface area (Å²) in [6, 6.07) is 5.15. The summed E-state index contributed by atoms with van der Waals surface area (Å²) in [7, 11) is -3.85. The van der Waals surface area contributed by atoms with Gasteiger partial charge in [-0.3, -0.25) is 9.69 Å². The number of rotatable bonds is 8. The fourth-order valence-corrected chi connectivity index (χ4v) is 4.96. The minimum Gasteiger partial charge on any atom is -0.493 e. The number of sulfonamides is 1. The van der Waals surface area contributed by atoms with Crippen LogP contribution in [0.25, 0.3) is 0 Å². The summed E-state index contributed by atoms with van der Waals surface area (Å²) in [6.45, 7) is 1.37. The van der Waals surface area contributed by atoms with Crippen LogP contribution >= 0.6 is 0 Å². The molecule has 204 valence electrons. The Labute approximate surface area is 213 Å². The molecule has 1 heterocycles. The van der Waals surface area contributed by atoms with Crippen molar-refractivity contribution in [3.8, 4) is 5.75 Å². The molecule has 1 saturated heterocycles. The van der Waals surface area contributed by atoms with Gasteiger partial charge in [-0.1, -0.05) is 6.07 Å². The number of benzene rings is 2. The molecule has 0 bridgehead atoms. The van der Waals surface area contributed by atoms with Gasteiger partial charge in [0.25, 0.3) is 5.91 Å². The maximum absolute atomic E-state index is 14.7. The Morgan fingerprint density at radius 2 is 1.78 bits per heavy atom. The third-order valence-electron chi connectivity index (χ3n) is 6.59. The summed E-state index contributed by atoms with van der Waals surface area (Å²) in [4.78, 5) is 14.1. The highest BCUT2D eigenvalue weighted by atomic mass is 32.2. The summed E-state index contributed by atoms with van der Waals surface area (Å²) >= 11 is 0. The van der Waals surface area contributed by atoms with E-state index in [4.69, 9.17) is 4.74 Å². The van der Waals surface area contributed by atoms with Crippen LogP contribution in [0.1, 0.15) is 60.1 Å². The summed E-state index contributed by atoms with van der Waals surface area (Å²) in [5.41, 5.74) is -0.671. The normalized spacial score (nSPS) is 17.6. The first-order valence-corrected chi connectivity index (χ1v) is 13.8. The maximum atomic E-state index is 14.7. The van der Waals surface area contributed by atoms with E-state index in [0.29, 0.717) is 43.3 Å². The first-order chi connectivity index (χ1) is 17.3. The molecule has 2 aromatic carbocycles. The van der Waals surface area contributed by atoms with Crippen LogP contribution in [0.4, 0.5) is 22.0 Å². The molecule has 2 aromatic rings. The van der Waals surface area contributed by atoms with E-state index in [1.54, 1.807) is 4.72 Å². The average molecular weight is 549 g/mol. The van der Waals surface area contributed by atoms with Gasteiger partial charge in [-0.2, -0.15) is 13.2 Å². The van der Waals surface area contributed by atoms with Crippen molar-refractivity contribution in [1.82, 2.24) is 9.62 Å². The zero-order chi connectivity index (χ0) is 27.0. The minimum absolute atomic E-state index is 0. The van der Waals surface area contributed by atoms with Gasteiger partial charge in [0, 0.05) is 14.0 Å². The number of nitrogens with one attached hydrogen (secondary N) is 1. The highest BCUT2D eigenvalue weighted by Crippen LogP contribution is 2.45. The van der Waals surface area contributed by atoms with Gasteiger partial charge < -0.3 is 4.74 Å². The molecule has 0 radical (unpaired) electrons. The second-order valence-electron chi connectivity index (χ2n) is 9.68. The molecule has 0 spiro atoms. The van der Waals surface area contributed by atoms with Crippen molar-refractivity contribution in [2.75, 3.05) is 26.0 Å². The molecule has 2 fully saturated rings. The molecule has 6 nitrogen and oxygen atoms in total. The fourth-order valence-electron chi connectivity index (χ4n) is 4.52. The third kappa shape index (κ3) is 7.19. The largest absolute Gasteiger partial charge is 0.493 e. The van der Waals surface area contributed by atoms with Gasteiger partial charge in [-0.25, -0.2) is 21.9 Å². The van der Waals surface area contributed by atoms with Gasteiger partial charge >= 0.3 is 6.18 Å². The van der Waals surface area contributed by atoms with Crippen molar-refractivity contribution in [2.45, 2.75) is 44.3 Å². The van der Waals surface area contributed by atoms with Crippen LogP contribution in [-0.2, 0) is 22.7 Å². The standard InChI is InChI=1S/C25H27F5N2O4S.H2/c1-37(34,35)31-24(33)20-11-19(16-2-3-16)23(12-22(20)27)36-14-15-6-8-32(9-7-15)13-17-4-5-18(26)10-21(17)25(28,29)30;/h4-5,10-12,15-16H,2-3,6-9,13-14H2,1H3,(H,31,33);1H. The zero-order valence-corrected chi connectivity index (χ0v) is 20.9. The van der Waals surface area contributed by atoms with E-state index in [0.717, 1.165) is 31.2 Å². The van der Waals surface area contributed by atoms with E-state index in [2.05, 4.69) is 0 Å². The highest BCUT2D eigenvalue weighted by Gasteiger charge is 2.35. The third-order valence-corrected chi connectivity index (χ3v) is 7.15. The molecular weight excluding hydrogens is 519 g/mol. The van der Waals surface area contributed by atoms with Crippen LogP contribution < -0.4 is 9.46 Å². The van der Waals surface area contributed by atoms with E-state index >= 15 is 0 Å².